The zero-order valence-electron chi connectivity index (χ0n) is 9.08. The summed E-state index contributed by atoms with van der Waals surface area (Å²) >= 11 is 0. The summed E-state index contributed by atoms with van der Waals surface area (Å²) in [5.74, 6) is 1.12. The van der Waals surface area contributed by atoms with Gasteiger partial charge in [0.15, 0.2) is 0 Å². The van der Waals surface area contributed by atoms with Crippen LogP contribution in [-0.2, 0) is 0 Å². The van der Waals surface area contributed by atoms with Crippen molar-refractivity contribution in [2.75, 3.05) is 0 Å². The SMILES string of the molecule is C1=CC(c2ccccc2)C1c1ccccc1. The van der Waals surface area contributed by atoms with Crippen LogP contribution < -0.4 is 0 Å². The standard InChI is InChI=1S/C16H14/c1-3-7-13(8-4-1)15-11-12-16(15)14-9-5-2-6-10-14/h1-12,15-16H. The van der Waals surface area contributed by atoms with E-state index in [1.807, 2.05) is 0 Å². The number of hydrogen-bond acceptors (Lipinski definition) is 0. The van der Waals surface area contributed by atoms with Gasteiger partial charge >= 0.3 is 0 Å². The van der Waals surface area contributed by atoms with Crippen LogP contribution in [0.2, 0.25) is 0 Å². The van der Waals surface area contributed by atoms with E-state index in [1.165, 1.54) is 11.1 Å². The highest BCUT2D eigenvalue weighted by Crippen LogP contribution is 2.42. The van der Waals surface area contributed by atoms with Crippen molar-refractivity contribution in [3.05, 3.63) is 83.9 Å². The molecular formula is C16H14. The summed E-state index contributed by atoms with van der Waals surface area (Å²) in [7, 11) is 0. The van der Waals surface area contributed by atoms with Gasteiger partial charge in [-0.3, -0.25) is 0 Å². The molecule has 0 aliphatic heterocycles. The highest BCUT2D eigenvalue weighted by Gasteiger charge is 2.26. The largest absolute Gasteiger partial charge is 0.0794 e. The first-order valence-corrected chi connectivity index (χ1v) is 5.73. The molecule has 2 unspecified atom stereocenters. The van der Waals surface area contributed by atoms with Gasteiger partial charge in [0.2, 0.25) is 0 Å². The van der Waals surface area contributed by atoms with E-state index in [9.17, 15) is 0 Å². The summed E-state index contributed by atoms with van der Waals surface area (Å²) in [5.41, 5.74) is 2.83. The first kappa shape index (κ1) is 9.41. The molecule has 0 saturated heterocycles. The first-order valence-electron chi connectivity index (χ1n) is 5.73. The number of hydrogen-bond donors (Lipinski definition) is 0. The van der Waals surface area contributed by atoms with Gasteiger partial charge in [0.25, 0.3) is 0 Å². The Labute approximate surface area is 96.3 Å². The Morgan fingerprint density at radius 1 is 0.500 bits per heavy atom. The van der Waals surface area contributed by atoms with E-state index >= 15 is 0 Å². The third kappa shape index (κ3) is 1.57. The molecule has 2 aromatic rings. The van der Waals surface area contributed by atoms with E-state index in [4.69, 9.17) is 0 Å². The maximum atomic E-state index is 2.30. The molecule has 0 heterocycles. The Morgan fingerprint density at radius 3 is 1.19 bits per heavy atom. The molecule has 16 heavy (non-hydrogen) atoms. The van der Waals surface area contributed by atoms with Crippen LogP contribution >= 0.6 is 0 Å². The van der Waals surface area contributed by atoms with E-state index < -0.39 is 0 Å². The van der Waals surface area contributed by atoms with E-state index in [2.05, 4.69) is 72.8 Å². The fraction of sp³-hybridized carbons (Fsp3) is 0.125. The van der Waals surface area contributed by atoms with Crippen molar-refractivity contribution in [1.82, 2.24) is 0 Å². The zero-order valence-corrected chi connectivity index (χ0v) is 9.08. The van der Waals surface area contributed by atoms with Crippen LogP contribution in [0.3, 0.4) is 0 Å². The molecular weight excluding hydrogens is 192 g/mol. The number of allylic oxidation sites excluding steroid dienone is 2. The molecule has 3 rings (SSSR count). The van der Waals surface area contributed by atoms with Gasteiger partial charge in [-0.1, -0.05) is 72.8 Å². The summed E-state index contributed by atoms with van der Waals surface area (Å²) < 4.78 is 0. The van der Waals surface area contributed by atoms with Crippen LogP contribution in [0.25, 0.3) is 0 Å². The molecule has 0 radical (unpaired) electrons. The van der Waals surface area contributed by atoms with Crippen molar-refractivity contribution < 1.29 is 0 Å². The predicted molar refractivity (Wildman–Crippen MR) is 67.5 cm³/mol. The highest BCUT2D eigenvalue weighted by atomic mass is 14.3. The van der Waals surface area contributed by atoms with E-state index in [0.717, 1.165) is 0 Å². The van der Waals surface area contributed by atoms with E-state index in [1.54, 1.807) is 0 Å². The molecule has 0 fully saturated rings. The Kier molecular flexibility index (Phi) is 2.34. The van der Waals surface area contributed by atoms with Crippen molar-refractivity contribution in [3.63, 3.8) is 0 Å². The second kappa shape index (κ2) is 3.97. The molecule has 2 aromatic carbocycles. The van der Waals surface area contributed by atoms with Crippen molar-refractivity contribution in [3.8, 4) is 0 Å². The zero-order chi connectivity index (χ0) is 10.8. The van der Waals surface area contributed by atoms with Crippen LogP contribution in [-0.4, -0.2) is 0 Å². The molecule has 0 spiro atoms. The lowest BCUT2D eigenvalue weighted by molar-refractivity contribution is 0.675. The van der Waals surface area contributed by atoms with Crippen molar-refractivity contribution in [2.45, 2.75) is 11.8 Å². The van der Waals surface area contributed by atoms with Gasteiger partial charge in [-0.15, -0.1) is 0 Å². The van der Waals surface area contributed by atoms with Crippen LogP contribution in [0.4, 0.5) is 0 Å². The van der Waals surface area contributed by atoms with Crippen molar-refractivity contribution >= 4 is 0 Å². The molecule has 0 saturated carbocycles. The molecule has 0 nitrogen and oxygen atoms in total. The Hall–Kier alpha value is -1.82. The van der Waals surface area contributed by atoms with Gasteiger partial charge in [-0.2, -0.15) is 0 Å². The summed E-state index contributed by atoms with van der Waals surface area (Å²) in [6.45, 7) is 0. The fourth-order valence-electron chi connectivity index (χ4n) is 2.32. The molecule has 0 amide bonds. The quantitative estimate of drug-likeness (QED) is 0.648. The van der Waals surface area contributed by atoms with Crippen LogP contribution in [0.15, 0.2) is 72.8 Å². The minimum atomic E-state index is 0.559. The molecule has 0 aromatic heterocycles. The molecule has 1 aliphatic carbocycles. The second-order valence-electron chi connectivity index (χ2n) is 4.26. The van der Waals surface area contributed by atoms with Gasteiger partial charge in [0.1, 0.15) is 0 Å². The smallest absolute Gasteiger partial charge is 0.0122 e. The normalized spacial score (nSPS) is 22.8. The average Bonchev–Trinajstić information content (AvgIpc) is 2.30. The lowest BCUT2D eigenvalue weighted by Crippen LogP contribution is -2.14. The summed E-state index contributed by atoms with van der Waals surface area (Å²) in [5, 5.41) is 0. The number of rotatable bonds is 2. The lowest BCUT2D eigenvalue weighted by Gasteiger charge is -2.30. The van der Waals surface area contributed by atoms with Crippen LogP contribution in [0.1, 0.15) is 23.0 Å². The monoisotopic (exact) mass is 206 g/mol. The minimum Gasteiger partial charge on any atom is -0.0794 e. The maximum absolute atomic E-state index is 2.30. The fourth-order valence-corrected chi connectivity index (χ4v) is 2.32. The second-order valence-corrected chi connectivity index (χ2v) is 4.26. The summed E-state index contributed by atoms with van der Waals surface area (Å²) in [6.07, 6.45) is 4.60. The van der Waals surface area contributed by atoms with Gasteiger partial charge in [-0.25, -0.2) is 0 Å². The van der Waals surface area contributed by atoms with Gasteiger partial charge in [-0.05, 0) is 11.1 Å². The summed E-state index contributed by atoms with van der Waals surface area (Å²) in [4.78, 5) is 0. The van der Waals surface area contributed by atoms with Crippen molar-refractivity contribution in [2.24, 2.45) is 0 Å². The first-order chi connectivity index (χ1) is 7.95. The van der Waals surface area contributed by atoms with Gasteiger partial charge in [0, 0.05) is 11.8 Å². The van der Waals surface area contributed by atoms with E-state index in [0.29, 0.717) is 11.8 Å². The average molecular weight is 206 g/mol. The van der Waals surface area contributed by atoms with Crippen LogP contribution in [0, 0.1) is 0 Å². The topological polar surface area (TPSA) is 0 Å². The molecule has 2 atom stereocenters. The molecule has 1 aliphatic rings. The predicted octanol–water partition coefficient (Wildman–Crippen LogP) is 4.12. The Bertz CT molecular complexity index is 434. The third-order valence-corrected chi connectivity index (χ3v) is 3.28. The van der Waals surface area contributed by atoms with Crippen molar-refractivity contribution in [1.29, 1.82) is 0 Å². The van der Waals surface area contributed by atoms with E-state index in [-0.39, 0.29) is 0 Å². The Morgan fingerprint density at radius 2 is 0.875 bits per heavy atom. The maximum Gasteiger partial charge on any atom is 0.0122 e. The molecule has 78 valence electrons. The Balaban J connectivity index is 1.89. The number of benzene rings is 2. The molecule has 0 heteroatoms. The minimum absolute atomic E-state index is 0.559. The highest BCUT2D eigenvalue weighted by molar-refractivity contribution is 5.41. The van der Waals surface area contributed by atoms with Gasteiger partial charge < -0.3 is 0 Å². The summed E-state index contributed by atoms with van der Waals surface area (Å²) in [6, 6.07) is 21.5. The third-order valence-electron chi connectivity index (χ3n) is 3.28. The molecule has 0 N–H and O–H groups in total. The van der Waals surface area contributed by atoms with Gasteiger partial charge in [0.05, 0.1) is 0 Å². The molecule has 0 bridgehead atoms. The van der Waals surface area contributed by atoms with Crippen LogP contribution in [0.5, 0.6) is 0 Å². The lowest BCUT2D eigenvalue weighted by atomic mass is 9.74.